The zero-order chi connectivity index (χ0) is 27.4. The first-order chi connectivity index (χ1) is 18.7. The van der Waals surface area contributed by atoms with Crippen molar-refractivity contribution in [3.8, 4) is 0 Å². The van der Waals surface area contributed by atoms with E-state index in [1.807, 2.05) is 19.1 Å². The summed E-state index contributed by atoms with van der Waals surface area (Å²) in [6.45, 7) is 2.04. The smallest absolute Gasteiger partial charge is 0.266 e. The maximum Gasteiger partial charge on any atom is 0.266 e. The highest BCUT2D eigenvalue weighted by atomic mass is 16.2. The van der Waals surface area contributed by atoms with Crippen molar-refractivity contribution in [2.45, 2.75) is 13.3 Å². The number of anilines is 1. The highest BCUT2D eigenvalue weighted by Crippen LogP contribution is 2.31. The molecule has 4 aromatic rings. The molecule has 2 aliphatic rings. The Bertz CT molecular complexity index is 1740. The maximum absolute atomic E-state index is 13.3. The van der Waals surface area contributed by atoms with Gasteiger partial charge in [0, 0.05) is 18.2 Å². The van der Waals surface area contributed by atoms with Crippen molar-refractivity contribution in [3.63, 3.8) is 0 Å². The molecule has 190 valence electrons. The minimum Gasteiger partial charge on any atom is -0.289 e. The number of amides is 4. The lowest BCUT2D eigenvalue weighted by atomic mass is 9.96. The average Bonchev–Trinajstić information content (AvgIpc) is 3.33. The highest BCUT2D eigenvalue weighted by Gasteiger charge is 2.38. The molecule has 0 bridgehead atoms. The normalized spacial score (nSPS) is 14.2. The molecule has 0 saturated heterocycles. The number of carbonyl (C=O) groups is 5. The summed E-state index contributed by atoms with van der Waals surface area (Å²) in [7, 11) is 1.39. The molecule has 0 aliphatic carbocycles. The standard InChI is InChI=1S/C32H22N2O5/c1-18-3-5-19(6-4-18)15-20-7-11-23(12-8-20)34-31(38)25-14-10-22(17-27(25)32(34)39)28(35)21-9-13-24-26(16-21)30(37)33(2)29(24)36/h3-14,16-17H,15H2,1-2H3. The lowest BCUT2D eigenvalue weighted by Gasteiger charge is -2.14. The van der Waals surface area contributed by atoms with E-state index in [0.29, 0.717) is 5.69 Å². The van der Waals surface area contributed by atoms with E-state index in [-0.39, 0.29) is 33.4 Å². The Kier molecular flexibility index (Phi) is 5.57. The van der Waals surface area contributed by atoms with Crippen LogP contribution in [0.2, 0.25) is 0 Å². The average molecular weight is 515 g/mol. The Morgan fingerprint density at radius 2 is 1.05 bits per heavy atom. The molecule has 7 nitrogen and oxygen atoms in total. The van der Waals surface area contributed by atoms with Gasteiger partial charge in [-0.25, -0.2) is 4.90 Å². The molecular formula is C32H22N2O5. The van der Waals surface area contributed by atoms with Gasteiger partial charge in [0.25, 0.3) is 23.6 Å². The maximum atomic E-state index is 13.3. The quantitative estimate of drug-likeness (QED) is 0.281. The molecule has 4 aromatic carbocycles. The van der Waals surface area contributed by atoms with Crippen LogP contribution in [0.5, 0.6) is 0 Å². The minimum atomic E-state index is -0.507. The van der Waals surface area contributed by atoms with Crippen molar-refractivity contribution < 1.29 is 24.0 Å². The summed E-state index contributed by atoms with van der Waals surface area (Å²) in [5, 5.41) is 0. The van der Waals surface area contributed by atoms with Crippen molar-refractivity contribution >= 4 is 35.1 Å². The largest absolute Gasteiger partial charge is 0.289 e. The van der Waals surface area contributed by atoms with Crippen LogP contribution in [0.1, 0.15) is 74.0 Å². The molecule has 0 N–H and O–H groups in total. The van der Waals surface area contributed by atoms with Gasteiger partial charge >= 0.3 is 0 Å². The fourth-order valence-corrected chi connectivity index (χ4v) is 4.99. The monoisotopic (exact) mass is 514 g/mol. The van der Waals surface area contributed by atoms with Gasteiger partial charge in [-0.3, -0.25) is 28.9 Å². The fraction of sp³-hybridized carbons (Fsp3) is 0.0938. The number of aryl methyl sites for hydroxylation is 1. The molecule has 6 rings (SSSR count). The number of benzene rings is 4. The summed E-state index contributed by atoms with van der Waals surface area (Å²) in [5.41, 5.74) is 5.04. The topological polar surface area (TPSA) is 91.8 Å². The van der Waals surface area contributed by atoms with E-state index in [2.05, 4.69) is 24.3 Å². The van der Waals surface area contributed by atoms with Crippen LogP contribution in [0.4, 0.5) is 5.69 Å². The van der Waals surface area contributed by atoms with Crippen LogP contribution < -0.4 is 4.90 Å². The van der Waals surface area contributed by atoms with Gasteiger partial charge in [-0.2, -0.15) is 0 Å². The summed E-state index contributed by atoms with van der Waals surface area (Å²) in [6, 6.07) is 24.3. The Balaban J connectivity index is 1.25. The van der Waals surface area contributed by atoms with Gasteiger partial charge in [0.1, 0.15) is 0 Å². The van der Waals surface area contributed by atoms with Crippen LogP contribution in [0, 0.1) is 6.92 Å². The molecule has 0 aromatic heterocycles. The first-order valence-corrected chi connectivity index (χ1v) is 12.4. The van der Waals surface area contributed by atoms with Crippen LogP contribution in [-0.4, -0.2) is 41.4 Å². The molecular weight excluding hydrogens is 492 g/mol. The molecule has 0 spiro atoms. The predicted octanol–water partition coefficient (Wildman–Crippen LogP) is 4.84. The molecule has 0 atom stereocenters. The van der Waals surface area contributed by atoms with E-state index in [1.165, 1.54) is 49.0 Å². The summed E-state index contributed by atoms with van der Waals surface area (Å²) in [6.07, 6.45) is 0.729. The first-order valence-electron chi connectivity index (χ1n) is 12.4. The Hall–Kier alpha value is -5.17. The van der Waals surface area contributed by atoms with E-state index in [0.717, 1.165) is 27.3 Å². The lowest BCUT2D eigenvalue weighted by molar-refractivity contribution is 0.0692. The van der Waals surface area contributed by atoms with Crippen molar-refractivity contribution in [2.24, 2.45) is 0 Å². The van der Waals surface area contributed by atoms with E-state index in [4.69, 9.17) is 0 Å². The Morgan fingerprint density at radius 3 is 1.64 bits per heavy atom. The summed E-state index contributed by atoms with van der Waals surface area (Å²) >= 11 is 0. The molecule has 0 saturated carbocycles. The second-order valence-corrected chi connectivity index (χ2v) is 9.79. The van der Waals surface area contributed by atoms with E-state index in [9.17, 15) is 24.0 Å². The zero-order valence-corrected chi connectivity index (χ0v) is 21.2. The minimum absolute atomic E-state index is 0.140. The van der Waals surface area contributed by atoms with Crippen molar-refractivity contribution in [3.05, 3.63) is 135 Å². The summed E-state index contributed by atoms with van der Waals surface area (Å²) in [4.78, 5) is 66.3. The van der Waals surface area contributed by atoms with Crippen LogP contribution >= 0.6 is 0 Å². The number of ketones is 1. The number of hydrogen-bond acceptors (Lipinski definition) is 5. The van der Waals surface area contributed by atoms with Gasteiger partial charge in [0.15, 0.2) is 5.78 Å². The number of rotatable bonds is 5. The third-order valence-corrected chi connectivity index (χ3v) is 7.22. The fourth-order valence-electron chi connectivity index (χ4n) is 4.99. The third kappa shape index (κ3) is 3.95. The molecule has 0 radical (unpaired) electrons. The van der Waals surface area contributed by atoms with Crippen LogP contribution in [0.25, 0.3) is 0 Å². The SMILES string of the molecule is Cc1ccc(Cc2ccc(N3C(=O)c4ccc(C(=O)c5ccc6c(c5)C(=O)N(C)C6=O)cc4C3=O)cc2)cc1. The highest BCUT2D eigenvalue weighted by molar-refractivity contribution is 6.35. The van der Waals surface area contributed by atoms with Crippen LogP contribution in [0.3, 0.4) is 0 Å². The second-order valence-electron chi connectivity index (χ2n) is 9.79. The van der Waals surface area contributed by atoms with E-state index >= 15 is 0 Å². The summed E-state index contributed by atoms with van der Waals surface area (Å²) < 4.78 is 0. The summed E-state index contributed by atoms with van der Waals surface area (Å²) in [5.74, 6) is -2.27. The Labute approximate surface area is 224 Å². The number of carbonyl (C=O) groups excluding carboxylic acids is 5. The van der Waals surface area contributed by atoms with Gasteiger partial charge in [0.05, 0.1) is 27.9 Å². The van der Waals surface area contributed by atoms with Gasteiger partial charge in [-0.05, 0) is 60.9 Å². The van der Waals surface area contributed by atoms with Crippen molar-refractivity contribution in [1.29, 1.82) is 0 Å². The van der Waals surface area contributed by atoms with E-state index in [1.54, 1.807) is 12.1 Å². The lowest BCUT2D eigenvalue weighted by Crippen LogP contribution is -2.29. The van der Waals surface area contributed by atoms with Gasteiger partial charge in [-0.1, -0.05) is 54.1 Å². The molecule has 4 amide bonds. The van der Waals surface area contributed by atoms with Gasteiger partial charge < -0.3 is 0 Å². The molecule has 2 aliphatic heterocycles. The zero-order valence-electron chi connectivity index (χ0n) is 21.2. The predicted molar refractivity (Wildman–Crippen MR) is 144 cm³/mol. The number of fused-ring (bicyclic) bond motifs is 2. The number of nitrogens with zero attached hydrogens (tertiary/aromatic N) is 2. The van der Waals surface area contributed by atoms with Crippen LogP contribution in [-0.2, 0) is 6.42 Å². The molecule has 0 fully saturated rings. The third-order valence-electron chi connectivity index (χ3n) is 7.22. The molecule has 0 unspecified atom stereocenters. The molecule has 7 heteroatoms. The van der Waals surface area contributed by atoms with Gasteiger partial charge in [-0.15, -0.1) is 0 Å². The number of hydrogen-bond donors (Lipinski definition) is 0. The van der Waals surface area contributed by atoms with Crippen molar-refractivity contribution in [1.82, 2.24) is 4.90 Å². The number of imide groups is 2. The van der Waals surface area contributed by atoms with Crippen LogP contribution in [0.15, 0.2) is 84.9 Å². The molecule has 2 heterocycles. The van der Waals surface area contributed by atoms with Crippen molar-refractivity contribution in [2.75, 3.05) is 11.9 Å². The van der Waals surface area contributed by atoms with E-state index < -0.39 is 29.4 Å². The second kappa shape index (κ2) is 8.99. The first kappa shape index (κ1) is 24.2. The molecule has 39 heavy (non-hydrogen) atoms. The van der Waals surface area contributed by atoms with Gasteiger partial charge in [0.2, 0.25) is 0 Å². The Morgan fingerprint density at radius 1 is 0.590 bits per heavy atom.